The highest BCUT2D eigenvalue weighted by Crippen LogP contribution is 2.18. The van der Waals surface area contributed by atoms with Gasteiger partial charge in [-0.2, -0.15) is 0 Å². The Bertz CT molecular complexity index is 896. The van der Waals surface area contributed by atoms with E-state index in [1.807, 2.05) is 60.4 Å². The minimum atomic E-state index is 0.0244. The quantitative estimate of drug-likeness (QED) is 0.684. The van der Waals surface area contributed by atoms with E-state index in [1.54, 1.807) is 4.90 Å². The predicted octanol–water partition coefficient (Wildman–Crippen LogP) is 3.59. The summed E-state index contributed by atoms with van der Waals surface area (Å²) in [5, 5.41) is 0. The summed E-state index contributed by atoms with van der Waals surface area (Å²) >= 11 is 0. The van der Waals surface area contributed by atoms with Crippen LogP contribution in [0.25, 0.3) is 5.69 Å². The standard InChI is InChI=1S/C23H25N3O2/c1-24(18-19-4-8-21(9-5-19)26-14-16-28-17-15-26)23(27)20-6-10-22(11-7-20)25-12-2-3-13-25/h2-13H,14-18H2,1H3. The molecule has 1 saturated heterocycles. The molecule has 0 spiro atoms. The van der Waals surface area contributed by atoms with Crippen LogP contribution in [-0.4, -0.2) is 48.7 Å². The lowest BCUT2D eigenvalue weighted by atomic mass is 10.1. The van der Waals surface area contributed by atoms with Crippen LogP contribution in [0, 0.1) is 0 Å². The van der Waals surface area contributed by atoms with Crippen LogP contribution >= 0.6 is 0 Å². The fraction of sp³-hybridized carbons (Fsp3) is 0.261. The van der Waals surface area contributed by atoms with Crippen LogP contribution in [0.3, 0.4) is 0 Å². The number of carbonyl (C=O) groups excluding carboxylic acids is 1. The number of carbonyl (C=O) groups is 1. The van der Waals surface area contributed by atoms with E-state index in [9.17, 15) is 4.79 Å². The molecule has 2 aromatic carbocycles. The van der Waals surface area contributed by atoms with Crippen molar-refractivity contribution in [2.24, 2.45) is 0 Å². The molecule has 0 aliphatic carbocycles. The van der Waals surface area contributed by atoms with Crippen molar-refractivity contribution in [1.82, 2.24) is 9.47 Å². The molecule has 0 radical (unpaired) electrons. The summed E-state index contributed by atoms with van der Waals surface area (Å²) in [6.45, 7) is 4.00. The van der Waals surface area contributed by atoms with Gasteiger partial charge in [-0.25, -0.2) is 0 Å². The van der Waals surface area contributed by atoms with Crippen molar-refractivity contribution >= 4 is 11.6 Å². The van der Waals surface area contributed by atoms with Crippen LogP contribution in [0.4, 0.5) is 5.69 Å². The summed E-state index contributed by atoms with van der Waals surface area (Å²) in [6, 6.07) is 20.1. The molecule has 1 aliphatic heterocycles. The molecule has 28 heavy (non-hydrogen) atoms. The van der Waals surface area contributed by atoms with E-state index in [4.69, 9.17) is 4.74 Å². The van der Waals surface area contributed by atoms with Crippen molar-refractivity contribution in [2.75, 3.05) is 38.3 Å². The molecular formula is C23H25N3O2. The molecule has 4 rings (SSSR count). The van der Waals surface area contributed by atoms with Gasteiger partial charge in [0.25, 0.3) is 5.91 Å². The number of hydrogen-bond donors (Lipinski definition) is 0. The number of nitrogens with zero attached hydrogens (tertiary/aromatic N) is 3. The average Bonchev–Trinajstić information content (AvgIpc) is 3.29. The van der Waals surface area contributed by atoms with Crippen LogP contribution in [0.1, 0.15) is 15.9 Å². The fourth-order valence-corrected chi connectivity index (χ4v) is 3.48. The van der Waals surface area contributed by atoms with Gasteiger partial charge in [0, 0.05) is 56.0 Å². The van der Waals surface area contributed by atoms with Crippen molar-refractivity contribution < 1.29 is 9.53 Å². The van der Waals surface area contributed by atoms with Crippen molar-refractivity contribution in [3.8, 4) is 5.69 Å². The highest BCUT2D eigenvalue weighted by Gasteiger charge is 2.14. The lowest BCUT2D eigenvalue weighted by molar-refractivity contribution is 0.0785. The average molecular weight is 375 g/mol. The molecule has 0 atom stereocenters. The van der Waals surface area contributed by atoms with Gasteiger partial charge in [0.05, 0.1) is 13.2 Å². The molecule has 0 saturated carbocycles. The lowest BCUT2D eigenvalue weighted by Crippen LogP contribution is -2.36. The number of rotatable bonds is 5. The van der Waals surface area contributed by atoms with Crippen molar-refractivity contribution in [2.45, 2.75) is 6.54 Å². The number of benzene rings is 2. The molecule has 5 heteroatoms. The van der Waals surface area contributed by atoms with E-state index in [1.165, 1.54) is 5.69 Å². The molecule has 1 fully saturated rings. The van der Waals surface area contributed by atoms with Crippen molar-refractivity contribution in [3.05, 3.63) is 84.2 Å². The maximum atomic E-state index is 12.8. The minimum absolute atomic E-state index is 0.0244. The first-order valence-electron chi connectivity index (χ1n) is 9.61. The number of anilines is 1. The van der Waals surface area contributed by atoms with Gasteiger partial charge in [0.1, 0.15) is 0 Å². The molecular weight excluding hydrogens is 350 g/mol. The lowest BCUT2D eigenvalue weighted by Gasteiger charge is -2.29. The van der Waals surface area contributed by atoms with Crippen LogP contribution < -0.4 is 4.90 Å². The zero-order valence-corrected chi connectivity index (χ0v) is 16.1. The first kappa shape index (κ1) is 18.3. The van der Waals surface area contributed by atoms with Gasteiger partial charge >= 0.3 is 0 Å². The van der Waals surface area contributed by atoms with Crippen LogP contribution in [0.2, 0.25) is 0 Å². The molecule has 1 aliphatic rings. The smallest absolute Gasteiger partial charge is 0.253 e. The highest BCUT2D eigenvalue weighted by atomic mass is 16.5. The van der Waals surface area contributed by atoms with Crippen molar-refractivity contribution in [1.29, 1.82) is 0 Å². The molecule has 1 aromatic heterocycles. The van der Waals surface area contributed by atoms with Crippen LogP contribution in [0.5, 0.6) is 0 Å². The van der Waals surface area contributed by atoms with Crippen LogP contribution in [-0.2, 0) is 11.3 Å². The van der Waals surface area contributed by atoms with Gasteiger partial charge in [-0.3, -0.25) is 4.79 Å². The van der Waals surface area contributed by atoms with E-state index >= 15 is 0 Å². The summed E-state index contributed by atoms with van der Waals surface area (Å²) in [5.74, 6) is 0.0244. The summed E-state index contributed by atoms with van der Waals surface area (Å²) in [7, 11) is 1.85. The summed E-state index contributed by atoms with van der Waals surface area (Å²) in [5.41, 5.74) is 4.07. The third-order valence-electron chi connectivity index (χ3n) is 5.10. The zero-order chi connectivity index (χ0) is 19.3. The number of hydrogen-bond acceptors (Lipinski definition) is 3. The number of morpholine rings is 1. The Morgan fingerprint density at radius 1 is 0.929 bits per heavy atom. The van der Waals surface area contributed by atoms with E-state index in [0.717, 1.165) is 37.6 Å². The highest BCUT2D eigenvalue weighted by molar-refractivity contribution is 5.94. The second-order valence-electron chi connectivity index (χ2n) is 7.06. The normalized spacial score (nSPS) is 14.1. The van der Waals surface area contributed by atoms with E-state index in [0.29, 0.717) is 12.1 Å². The molecule has 144 valence electrons. The maximum absolute atomic E-state index is 12.8. The van der Waals surface area contributed by atoms with Gasteiger partial charge in [0.15, 0.2) is 0 Å². The largest absolute Gasteiger partial charge is 0.378 e. The van der Waals surface area contributed by atoms with Gasteiger partial charge in [-0.1, -0.05) is 12.1 Å². The fourth-order valence-electron chi connectivity index (χ4n) is 3.48. The van der Waals surface area contributed by atoms with Gasteiger partial charge in [-0.15, -0.1) is 0 Å². The second-order valence-corrected chi connectivity index (χ2v) is 7.06. The Balaban J connectivity index is 1.38. The third kappa shape index (κ3) is 4.10. The predicted molar refractivity (Wildman–Crippen MR) is 111 cm³/mol. The Morgan fingerprint density at radius 2 is 1.54 bits per heavy atom. The molecule has 0 N–H and O–H groups in total. The SMILES string of the molecule is CN(Cc1ccc(N2CCOCC2)cc1)C(=O)c1ccc(-n2cccc2)cc1. The topological polar surface area (TPSA) is 37.7 Å². The number of ether oxygens (including phenoxy) is 1. The summed E-state index contributed by atoms with van der Waals surface area (Å²) in [4.78, 5) is 16.8. The number of aromatic nitrogens is 1. The van der Waals surface area contributed by atoms with E-state index in [2.05, 4.69) is 29.2 Å². The van der Waals surface area contributed by atoms with Crippen molar-refractivity contribution in [3.63, 3.8) is 0 Å². The maximum Gasteiger partial charge on any atom is 0.253 e. The molecule has 0 bridgehead atoms. The first-order chi connectivity index (χ1) is 13.7. The van der Waals surface area contributed by atoms with E-state index in [-0.39, 0.29) is 5.91 Å². The van der Waals surface area contributed by atoms with Gasteiger partial charge in [0.2, 0.25) is 0 Å². The molecule has 0 unspecified atom stereocenters. The summed E-state index contributed by atoms with van der Waals surface area (Å²) in [6.07, 6.45) is 3.98. The molecule has 1 amide bonds. The molecule has 2 heterocycles. The number of amides is 1. The zero-order valence-electron chi connectivity index (χ0n) is 16.1. The minimum Gasteiger partial charge on any atom is -0.378 e. The van der Waals surface area contributed by atoms with Gasteiger partial charge < -0.3 is 19.1 Å². The Morgan fingerprint density at radius 3 is 2.18 bits per heavy atom. The third-order valence-corrected chi connectivity index (χ3v) is 5.10. The first-order valence-corrected chi connectivity index (χ1v) is 9.61. The van der Waals surface area contributed by atoms with Gasteiger partial charge in [-0.05, 0) is 54.1 Å². The monoisotopic (exact) mass is 375 g/mol. The van der Waals surface area contributed by atoms with E-state index < -0.39 is 0 Å². The Kier molecular flexibility index (Phi) is 5.44. The Labute approximate surface area is 165 Å². The molecule has 5 nitrogen and oxygen atoms in total. The molecule has 3 aromatic rings. The Hall–Kier alpha value is -3.05. The summed E-state index contributed by atoms with van der Waals surface area (Å²) < 4.78 is 7.43. The second kappa shape index (κ2) is 8.31. The van der Waals surface area contributed by atoms with Crippen LogP contribution in [0.15, 0.2) is 73.1 Å².